The average Bonchev–Trinajstić information content (AvgIpc) is 2.38. The molecular weight excluding hydrogens is 287 g/mol. The van der Waals surface area contributed by atoms with Gasteiger partial charge in [-0.3, -0.25) is 4.79 Å². The quantitative estimate of drug-likeness (QED) is 0.752. The summed E-state index contributed by atoms with van der Waals surface area (Å²) in [7, 11) is 0. The average molecular weight is 310 g/mol. The summed E-state index contributed by atoms with van der Waals surface area (Å²) < 4.78 is 23.5. The third-order valence-electron chi connectivity index (χ3n) is 2.82. The summed E-state index contributed by atoms with van der Waals surface area (Å²) in [4.78, 5) is 23.5. The lowest BCUT2D eigenvalue weighted by atomic mass is 10.0. The highest BCUT2D eigenvalue weighted by Gasteiger charge is 2.21. The summed E-state index contributed by atoms with van der Waals surface area (Å²) in [6.07, 6.45) is 1.27. The summed E-state index contributed by atoms with van der Waals surface area (Å²) >= 11 is 0. The molecule has 22 heavy (non-hydrogen) atoms. The topological polar surface area (TPSA) is 52.6 Å². The maximum Gasteiger partial charge on any atom is 0.339 e. The number of ether oxygens (including phenoxy) is 2. The molecule has 1 aromatic carbocycles. The molecule has 122 valence electrons. The minimum Gasteiger partial charge on any atom is -0.466 e. The molecule has 0 N–H and O–H groups in total. The Hall–Kier alpha value is -1.91. The molecule has 1 rings (SSSR count). The smallest absolute Gasteiger partial charge is 0.339 e. The van der Waals surface area contributed by atoms with E-state index in [1.54, 1.807) is 33.8 Å². The van der Waals surface area contributed by atoms with Gasteiger partial charge in [0, 0.05) is 6.42 Å². The minimum absolute atomic E-state index is 0.207. The molecule has 1 aromatic rings. The second-order valence-electron chi connectivity index (χ2n) is 5.96. The van der Waals surface area contributed by atoms with E-state index in [1.165, 1.54) is 12.1 Å². The van der Waals surface area contributed by atoms with Gasteiger partial charge in [0.15, 0.2) is 0 Å². The fourth-order valence-corrected chi connectivity index (χ4v) is 1.95. The Morgan fingerprint density at radius 1 is 1.23 bits per heavy atom. The zero-order chi connectivity index (χ0) is 16.8. The molecule has 0 spiro atoms. The molecule has 0 atom stereocenters. The van der Waals surface area contributed by atoms with Gasteiger partial charge in [0.25, 0.3) is 0 Å². The Kier molecular flexibility index (Phi) is 6.53. The van der Waals surface area contributed by atoms with Crippen molar-refractivity contribution in [2.24, 2.45) is 0 Å². The molecule has 0 aliphatic carbocycles. The summed E-state index contributed by atoms with van der Waals surface area (Å²) in [5.41, 5.74) is 0.227. The number of carbonyl (C=O) groups excluding carboxylic acids is 2. The van der Waals surface area contributed by atoms with E-state index in [4.69, 9.17) is 9.47 Å². The normalized spacial score (nSPS) is 11.1. The van der Waals surface area contributed by atoms with Crippen molar-refractivity contribution < 1.29 is 23.5 Å². The number of carbonyl (C=O) groups is 2. The van der Waals surface area contributed by atoms with Gasteiger partial charge in [-0.25, -0.2) is 9.18 Å². The molecular formula is C17H23FO4. The third-order valence-corrected chi connectivity index (χ3v) is 2.82. The second kappa shape index (κ2) is 7.92. The number of aryl methyl sites for hydroxylation is 1. The van der Waals surface area contributed by atoms with Crippen LogP contribution >= 0.6 is 0 Å². The monoisotopic (exact) mass is 310 g/mol. The Morgan fingerprint density at radius 3 is 2.50 bits per heavy atom. The van der Waals surface area contributed by atoms with Crippen molar-refractivity contribution in [1.29, 1.82) is 0 Å². The number of hydrogen-bond acceptors (Lipinski definition) is 4. The van der Waals surface area contributed by atoms with Gasteiger partial charge < -0.3 is 9.47 Å². The molecule has 0 unspecified atom stereocenters. The third kappa shape index (κ3) is 6.24. The van der Waals surface area contributed by atoms with Gasteiger partial charge in [-0.05, 0) is 58.2 Å². The van der Waals surface area contributed by atoms with Crippen LogP contribution in [-0.2, 0) is 20.7 Å². The van der Waals surface area contributed by atoms with E-state index in [0.717, 1.165) is 0 Å². The van der Waals surface area contributed by atoms with Crippen molar-refractivity contribution in [3.63, 3.8) is 0 Å². The van der Waals surface area contributed by atoms with Crippen molar-refractivity contribution in [2.75, 3.05) is 6.61 Å². The van der Waals surface area contributed by atoms with E-state index in [1.807, 2.05) is 0 Å². The SMILES string of the molecule is CCOC(=O)CCCc1ccc(F)cc1C(=O)OC(C)(C)C. The highest BCUT2D eigenvalue weighted by Crippen LogP contribution is 2.19. The van der Waals surface area contributed by atoms with E-state index in [9.17, 15) is 14.0 Å². The van der Waals surface area contributed by atoms with Crippen LogP contribution in [0.4, 0.5) is 4.39 Å². The number of rotatable bonds is 6. The largest absolute Gasteiger partial charge is 0.466 e. The zero-order valence-electron chi connectivity index (χ0n) is 13.6. The van der Waals surface area contributed by atoms with E-state index < -0.39 is 17.4 Å². The van der Waals surface area contributed by atoms with Crippen LogP contribution in [-0.4, -0.2) is 24.1 Å². The Labute approximate surface area is 130 Å². The molecule has 0 saturated heterocycles. The van der Waals surface area contributed by atoms with Crippen LogP contribution in [0.15, 0.2) is 18.2 Å². The molecule has 0 heterocycles. The minimum atomic E-state index is -0.647. The maximum absolute atomic E-state index is 13.4. The van der Waals surface area contributed by atoms with Crippen molar-refractivity contribution in [3.05, 3.63) is 35.1 Å². The molecule has 4 nitrogen and oxygen atoms in total. The molecule has 0 aliphatic heterocycles. The number of esters is 2. The zero-order valence-corrected chi connectivity index (χ0v) is 13.6. The highest BCUT2D eigenvalue weighted by molar-refractivity contribution is 5.91. The summed E-state index contributed by atoms with van der Waals surface area (Å²) in [5.74, 6) is -1.32. The van der Waals surface area contributed by atoms with E-state index >= 15 is 0 Å². The molecule has 0 aliphatic rings. The lowest BCUT2D eigenvalue weighted by Gasteiger charge is -2.20. The van der Waals surface area contributed by atoms with Crippen LogP contribution in [0, 0.1) is 5.82 Å². The Balaban J connectivity index is 2.78. The molecule has 0 fully saturated rings. The van der Waals surface area contributed by atoms with Gasteiger partial charge in [0.05, 0.1) is 12.2 Å². The highest BCUT2D eigenvalue weighted by atomic mass is 19.1. The summed E-state index contributed by atoms with van der Waals surface area (Å²) in [5, 5.41) is 0. The first-order valence-electron chi connectivity index (χ1n) is 7.40. The van der Waals surface area contributed by atoms with Crippen molar-refractivity contribution in [2.45, 2.75) is 52.6 Å². The lowest BCUT2D eigenvalue weighted by molar-refractivity contribution is -0.143. The van der Waals surface area contributed by atoms with Crippen LogP contribution in [0.25, 0.3) is 0 Å². The lowest BCUT2D eigenvalue weighted by Crippen LogP contribution is -2.24. The summed E-state index contributed by atoms with van der Waals surface area (Å²) in [6.45, 7) is 7.36. The van der Waals surface area contributed by atoms with Gasteiger partial charge in [0.1, 0.15) is 11.4 Å². The molecule has 0 amide bonds. The van der Waals surface area contributed by atoms with Gasteiger partial charge in [-0.1, -0.05) is 6.07 Å². The first kappa shape index (κ1) is 18.1. The predicted molar refractivity (Wildman–Crippen MR) is 81.1 cm³/mol. The first-order valence-corrected chi connectivity index (χ1v) is 7.40. The van der Waals surface area contributed by atoms with E-state index in [2.05, 4.69) is 0 Å². The molecule has 5 heteroatoms. The number of benzene rings is 1. The predicted octanol–water partition coefficient (Wildman–Crippen LogP) is 3.67. The molecule has 0 aromatic heterocycles. The van der Waals surface area contributed by atoms with E-state index in [0.29, 0.717) is 25.0 Å². The Morgan fingerprint density at radius 2 is 1.91 bits per heavy atom. The standard InChI is InChI=1S/C17H23FO4/c1-5-21-15(19)8-6-7-12-9-10-13(18)11-14(12)16(20)22-17(2,3)4/h9-11H,5-8H2,1-4H3. The van der Waals surface area contributed by atoms with Gasteiger partial charge in [0.2, 0.25) is 0 Å². The number of hydrogen-bond donors (Lipinski definition) is 0. The van der Waals surface area contributed by atoms with Crippen molar-refractivity contribution in [3.8, 4) is 0 Å². The van der Waals surface area contributed by atoms with Crippen LogP contribution < -0.4 is 0 Å². The number of halogens is 1. The van der Waals surface area contributed by atoms with Gasteiger partial charge in [-0.2, -0.15) is 0 Å². The maximum atomic E-state index is 13.4. The fourth-order valence-electron chi connectivity index (χ4n) is 1.95. The summed E-state index contributed by atoms with van der Waals surface area (Å²) in [6, 6.07) is 4.03. The van der Waals surface area contributed by atoms with Crippen molar-refractivity contribution >= 4 is 11.9 Å². The molecule has 0 bridgehead atoms. The fraction of sp³-hybridized carbons (Fsp3) is 0.529. The van der Waals surface area contributed by atoms with E-state index in [-0.39, 0.29) is 18.0 Å². The van der Waals surface area contributed by atoms with Crippen molar-refractivity contribution in [1.82, 2.24) is 0 Å². The second-order valence-corrected chi connectivity index (χ2v) is 5.96. The van der Waals surface area contributed by atoms with Crippen LogP contribution in [0.1, 0.15) is 56.5 Å². The van der Waals surface area contributed by atoms with Gasteiger partial charge in [-0.15, -0.1) is 0 Å². The Bertz CT molecular complexity index is 532. The van der Waals surface area contributed by atoms with Gasteiger partial charge >= 0.3 is 11.9 Å². The first-order chi connectivity index (χ1) is 10.2. The molecule has 0 saturated carbocycles. The van der Waals surface area contributed by atoms with Crippen LogP contribution in [0.2, 0.25) is 0 Å². The van der Waals surface area contributed by atoms with Crippen LogP contribution in [0.5, 0.6) is 0 Å². The molecule has 0 radical (unpaired) electrons. The van der Waals surface area contributed by atoms with Crippen LogP contribution in [0.3, 0.4) is 0 Å².